The number of nitrogens with two attached hydrogens (primary N) is 1. The molecule has 0 spiro atoms. The van der Waals surface area contributed by atoms with E-state index in [0.29, 0.717) is 24.9 Å². The second kappa shape index (κ2) is 4.98. The minimum absolute atomic E-state index is 0.380. The normalized spacial score (nSPS) is 28.3. The minimum Gasteiger partial charge on any atom is -0.330 e. The number of hydrogen-bond donors (Lipinski definition) is 2. The van der Waals surface area contributed by atoms with Gasteiger partial charge in [0.25, 0.3) is 0 Å². The highest BCUT2D eigenvalue weighted by molar-refractivity contribution is 4.77. The molecule has 1 aliphatic rings. The van der Waals surface area contributed by atoms with Gasteiger partial charge in [-0.2, -0.15) is 13.2 Å². The van der Waals surface area contributed by atoms with Crippen molar-refractivity contribution in [3.05, 3.63) is 0 Å². The van der Waals surface area contributed by atoms with Gasteiger partial charge in [-0.05, 0) is 44.2 Å². The lowest BCUT2D eigenvalue weighted by Gasteiger charge is -2.12. The molecule has 1 fully saturated rings. The van der Waals surface area contributed by atoms with Crippen LogP contribution in [0.2, 0.25) is 0 Å². The summed E-state index contributed by atoms with van der Waals surface area (Å²) in [6, 6.07) is 0. The first-order valence-corrected chi connectivity index (χ1v) is 4.99. The third kappa shape index (κ3) is 4.28. The van der Waals surface area contributed by atoms with Crippen LogP contribution in [0.3, 0.4) is 0 Å². The fraction of sp³-hybridized carbons (Fsp3) is 1.00. The molecule has 0 radical (unpaired) electrons. The third-order valence-corrected chi connectivity index (χ3v) is 2.74. The molecule has 1 saturated carbocycles. The molecule has 0 saturated heterocycles. The predicted molar refractivity (Wildman–Crippen MR) is 48.8 cm³/mol. The molecule has 1 rings (SSSR count). The van der Waals surface area contributed by atoms with E-state index in [4.69, 9.17) is 5.73 Å². The second-order valence-electron chi connectivity index (χ2n) is 4.03. The van der Waals surface area contributed by atoms with Gasteiger partial charge in [0.15, 0.2) is 0 Å². The molecule has 0 aliphatic heterocycles. The van der Waals surface area contributed by atoms with Crippen LogP contribution in [0.5, 0.6) is 0 Å². The number of halogens is 3. The summed E-state index contributed by atoms with van der Waals surface area (Å²) in [4.78, 5) is 0. The van der Waals surface area contributed by atoms with Crippen molar-refractivity contribution in [3.63, 3.8) is 0 Å². The molecule has 0 heterocycles. The Morgan fingerprint density at radius 2 is 1.86 bits per heavy atom. The lowest BCUT2D eigenvalue weighted by atomic mass is 10.1. The van der Waals surface area contributed by atoms with E-state index in [0.717, 1.165) is 19.3 Å². The molecule has 84 valence electrons. The molecule has 1 aliphatic carbocycles. The highest BCUT2D eigenvalue weighted by Crippen LogP contribution is 2.29. The van der Waals surface area contributed by atoms with E-state index in [2.05, 4.69) is 5.32 Å². The van der Waals surface area contributed by atoms with E-state index in [1.165, 1.54) is 0 Å². The largest absolute Gasteiger partial charge is 0.401 e. The zero-order chi connectivity index (χ0) is 10.6. The molecule has 2 unspecified atom stereocenters. The highest BCUT2D eigenvalue weighted by atomic mass is 19.4. The van der Waals surface area contributed by atoms with Crippen molar-refractivity contribution in [2.24, 2.45) is 17.6 Å². The molecule has 0 aromatic rings. The Morgan fingerprint density at radius 3 is 2.36 bits per heavy atom. The summed E-state index contributed by atoms with van der Waals surface area (Å²) in [5.74, 6) is 0.901. The zero-order valence-electron chi connectivity index (χ0n) is 8.11. The Bertz CT molecular complexity index is 170. The van der Waals surface area contributed by atoms with Crippen molar-refractivity contribution in [1.82, 2.24) is 5.32 Å². The van der Waals surface area contributed by atoms with Crippen LogP contribution < -0.4 is 11.1 Å². The van der Waals surface area contributed by atoms with Gasteiger partial charge in [-0.1, -0.05) is 0 Å². The molecule has 2 nitrogen and oxygen atoms in total. The van der Waals surface area contributed by atoms with Gasteiger partial charge in [-0.3, -0.25) is 0 Å². The molecular weight excluding hydrogens is 193 g/mol. The smallest absolute Gasteiger partial charge is 0.330 e. The first kappa shape index (κ1) is 11.8. The van der Waals surface area contributed by atoms with Crippen molar-refractivity contribution >= 4 is 0 Å². The van der Waals surface area contributed by atoms with Gasteiger partial charge in [0.1, 0.15) is 0 Å². The van der Waals surface area contributed by atoms with E-state index in [1.807, 2.05) is 0 Å². The average molecular weight is 210 g/mol. The maximum atomic E-state index is 11.8. The van der Waals surface area contributed by atoms with Crippen LogP contribution in [0.1, 0.15) is 19.3 Å². The van der Waals surface area contributed by atoms with Gasteiger partial charge in [0.2, 0.25) is 0 Å². The van der Waals surface area contributed by atoms with E-state index in [9.17, 15) is 13.2 Å². The third-order valence-electron chi connectivity index (χ3n) is 2.74. The number of rotatable bonds is 4. The molecule has 3 N–H and O–H groups in total. The fourth-order valence-corrected chi connectivity index (χ4v) is 2.00. The molecule has 14 heavy (non-hydrogen) atoms. The predicted octanol–water partition coefficient (Wildman–Crippen LogP) is 1.51. The molecular formula is C9H17F3N2. The second-order valence-corrected chi connectivity index (χ2v) is 4.03. The zero-order valence-corrected chi connectivity index (χ0v) is 8.11. The lowest BCUT2D eigenvalue weighted by Crippen LogP contribution is -2.32. The Kier molecular flexibility index (Phi) is 4.19. The fourth-order valence-electron chi connectivity index (χ4n) is 2.00. The summed E-state index contributed by atoms with van der Waals surface area (Å²) in [5.41, 5.74) is 5.49. The van der Waals surface area contributed by atoms with Gasteiger partial charge >= 0.3 is 6.18 Å². The molecule has 5 heteroatoms. The maximum absolute atomic E-state index is 11.8. The molecule has 2 atom stereocenters. The van der Waals surface area contributed by atoms with Crippen molar-refractivity contribution < 1.29 is 13.2 Å². The van der Waals surface area contributed by atoms with Crippen LogP contribution in [0.4, 0.5) is 13.2 Å². The van der Waals surface area contributed by atoms with Crippen LogP contribution in [0.25, 0.3) is 0 Å². The topological polar surface area (TPSA) is 38.0 Å². The summed E-state index contributed by atoms with van der Waals surface area (Å²) >= 11 is 0. The molecule has 0 amide bonds. The number of nitrogens with one attached hydrogen (secondary N) is 1. The minimum atomic E-state index is -4.09. The Balaban J connectivity index is 2.09. The van der Waals surface area contributed by atoms with E-state index < -0.39 is 12.7 Å². The SMILES string of the molecule is NCC1CCC(CNCC(F)(F)F)C1. The first-order chi connectivity index (χ1) is 6.51. The summed E-state index contributed by atoms with van der Waals surface area (Å²) in [6.07, 6.45) is -1.05. The van der Waals surface area contributed by atoms with Crippen molar-refractivity contribution in [1.29, 1.82) is 0 Å². The maximum Gasteiger partial charge on any atom is 0.401 e. The van der Waals surface area contributed by atoms with Crippen LogP contribution >= 0.6 is 0 Å². The van der Waals surface area contributed by atoms with E-state index >= 15 is 0 Å². The van der Waals surface area contributed by atoms with Gasteiger partial charge < -0.3 is 11.1 Å². The van der Waals surface area contributed by atoms with Crippen molar-refractivity contribution in [3.8, 4) is 0 Å². The quantitative estimate of drug-likeness (QED) is 0.738. The van der Waals surface area contributed by atoms with Crippen LogP contribution in [-0.2, 0) is 0 Å². The monoisotopic (exact) mass is 210 g/mol. The summed E-state index contributed by atoms with van der Waals surface area (Å²) < 4.78 is 35.4. The number of alkyl halides is 3. The summed E-state index contributed by atoms with van der Waals surface area (Å²) in [5, 5.41) is 2.45. The van der Waals surface area contributed by atoms with Gasteiger partial charge in [0, 0.05) is 0 Å². The van der Waals surface area contributed by atoms with Crippen LogP contribution in [0.15, 0.2) is 0 Å². The van der Waals surface area contributed by atoms with Crippen molar-refractivity contribution in [2.45, 2.75) is 25.4 Å². The standard InChI is InChI=1S/C9H17F3N2/c10-9(11,12)6-14-5-8-2-1-7(3-8)4-13/h7-8,14H,1-6,13H2. The Hall–Kier alpha value is -0.290. The van der Waals surface area contributed by atoms with Crippen molar-refractivity contribution in [2.75, 3.05) is 19.6 Å². The lowest BCUT2D eigenvalue weighted by molar-refractivity contribution is -0.125. The molecule has 0 aromatic carbocycles. The highest BCUT2D eigenvalue weighted by Gasteiger charge is 2.28. The van der Waals surface area contributed by atoms with E-state index in [1.54, 1.807) is 0 Å². The van der Waals surface area contributed by atoms with Crippen LogP contribution in [0, 0.1) is 11.8 Å². The number of hydrogen-bond acceptors (Lipinski definition) is 2. The first-order valence-electron chi connectivity index (χ1n) is 4.99. The molecule has 0 aromatic heterocycles. The van der Waals surface area contributed by atoms with Gasteiger partial charge in [-0.15, -0.1) is 0 Å². The van der Waals surface area contributed by atoms with Crippen LogP contribution in [-0.4, -0.2) is 25.8 Å². The van der Waals surface area contributed by atoms with Gasteiger partial charge in [-0.25, -0.2) is 0 Å². The van der Waals surface area contributed by atoms with Gasteiger partial charge in [0.05, 0.1) is 6.54 Å². The molecule has 0 bridgehead atoms. The Morgan fingerprint density at radius 1 is 1.21 bits per heavy atom. The Labute approximate surface area is 82.0 Å². The average Bonchev–Trinajstić information content (AvgIpc) is 2.50. The van der Waals surface area contributed by atoms with E-state index in [-0.39, 0.29) is 0 Å². The summed E-state index contributed by atoms with van der Waals surface area (Å²) in [6.45, 7) is 0.253. The summed E-state index contributed by atoms with van der Waals surface area (Å²) in [7, 11) is 0.